The molecule has 1 amide bonds. The summed E-state index contributed by atoms with van der Waals surface area (Å²) in [7, 11) is 0. The van der Waals surface area contributed by atoms with E-state index >= 15 is 0 Å². The maximum absolute atomic E-state index is 13.7. The van der Waals surface area contributed by atoms with E-state index in [2.05, 4.69) is 5.10 Å². The summed E-state index contributed by atoms with van der Waals surface area (Å²) in [4.78, 5) is 28.0. The van der Waals surface area contributed by atoms with Gasteiger partial charge < -0.3 is 9.64 Å². The van der Waals surface area contributed by atoms with Crippen LogP contribution in [0.5, 0.6) is 0 Å². The molecule has 2 aromatic heterocycles. The number of benzene rings is 1. The van der Waals surface area contributed by atoms with E-state index in [0.717, 1.165) is 18.2 Å². The Morgan fingerprint density at radius 1 is 1.22 bits per heavy atom. The number of aromatic nitrogens is 2. The zero-order chi connectivity index (χ0) is 23.0. The topological polar surface area (TPSA) is 64.4 Å². The normalized spacial score (nSPS) is 16.0. The predicted octanol–water partition coefficient (Wildman–Crippen LogP) is 4.89. The fraction of sp³-hybridized carbons (Fsp3) is 0.318. The molecule has 0 saturated carbocycles. The van der Waals surface area contributed by atoms with Crippen LogP contribution in [0.1, 0.15) is 56.7 Å². The average molecular weight is 463 g/mol. The summed E-state index contributed by atoms with van der Waals surface area (Å²) in [6.45, 7) is 4.00. The maximum Gasteiger partial charge on any atom is 0.434 e. The molecule has 1 atom stereocenters. The van der Waals surface area contributed by atoms with E-state index in [9.17, 15) is 22.8 Å². The Bertz CT molecular complexity index is 1150. The summed E-state index contributed by atoms with van der Waals surface area (Å²) < 4.78 is 46.4. The first-order chi connectivity index (χ1) is 15.2. The van der Waals surface area contributed by atoms with E-state index in [1.165, 1.54) is 36.1 Å². The van der Waals surface area contributed by atoms with Crippen molar-refractivity contribution in [2.75, 3.05) is 13.2 Å². The molecule has 168 valence electrons. The van der Waals surface area contributed by atoms with Crippen LogP contribution >= 0.6 is 11.3 Å². The molecule has 10 heteroatoms. The number of halogens is 3. The largest absolute Gasteiger partial charge is 0.462 e. The second-order valence-electron chi connectivity index (χ2n) is 7.31. The van der Waals surface area contributed by atoms with Crippen LogP contribution in [-0.2, 0) is 17.3 Å². The van der Waals surface area contributed by atoms with Gasteiger partial charge in [0.1, 0.15) is 5.56 Å². The van der Waals surface area contributed by atoms with Gasteiger partial charge in [0.2, 0.25) is 0 Å². The third kappa shape index (κ3) is 3.90. The van der Waals surface area contributed by atoms with Crippen LogP contribution in [0.2, 0.25) is 0 Å². The minimum Gasteiger partial charge on any atom is -0.462 e. The van der Waals surface area contributed by atoms with Crippen LogP contribution in [0.15, 0.2) is 41.9 Å². The lowest BCUT2D eigenvalue weighted by atomic mass is 10.0. The Labute approximate surface area is 186 Å². The standard InChI is InChI=1S/C22H20F3N3O3S/c1-3-31-21(30)17-12-26-28(19(17)22(23,24)25)15-6-4-14(5-7-15)20(29)27-10-8-18-16(13(27)2)9-11-32-18/h4-7,9,11-13H,3,8,10H2,1-2H3. The molecule has 0 radical (unpaired) electrons. The van der Waals surface area contributed by atoms with Crippen molar-refractivity contribution in [3.8, 4) is 5.69 Å². The summed E-state index contributed by atoms with van der Waals surface area (Å²) >= 11 is 1.68. The molecule has 0 saturated heterocycles. The number of rotatable bonds is 4. The highest BCUT2D eigenvalue weighted by molar-refractivity contribution is 7.10. The lowest BCUT2D eigenvalue weighted by molar-refractivity contribution is -0.143. The Morgan fingerprint density at radius 3 is 2.59 bits per heavy atom. The van der Waals surface area contributed by atoms with Crippen molar-refractivity contribution < 1.29 is 27.5 Å². The molecule has 1 unspecified atom stereocenters. The summed E-state index contributed by atoms with van der Waals surface area (Å²) in [5.41, 5.74) is -0.302. The fourth-order valence-corrected chi connectivity index (χ4v) is 4.84. The average Bonchev–Trinajstić information content (AvgIpc) is 3.41. The molecule has 1 aliphatic rings. The van der Waals surface area contributed by atoms with Crippen molar-refractivity contribution in [3.63, 3.8) is 0 Å². The van der Waals surface area contributed by atoms with Crippen molar-refractivity contribution in [2.45, 2.75) is 32.5 Å². The molecule has 1 aliphatic heterocycles. The van der Waals surface area contributed by atoms with E-state index in [0.29, 0.717) is 16.8 Å². The van der Waals surface area contributed by atoms with Gasteiger partial charge in [0.25, 0.3) is 5.91 Å². The first-order valence-electron chi connectivity index (χ1n) is 10.0. The number of thiophene rings is 1. The number of alkyl halides is 3. The molecule has 3 heterocycles. The van der Waals surface area contributed by atoms with Crippen LogP contribution in [-0.4, -0.2) is 39.7 Å². The number of ether oxygens (including phenoxy) is 1. The molecule has 0 aliphatic carbocycles. The number of fused-ring (bicyclic) bond motifs is 1. The van der Waals surface area contributed by atoms with Crippen LogP contribution in [0.3, 0.4) is 0 Å². The zero-order valence-electron chi connectivity index (χ0n) is 17.3. The number of hydrogen-bond acceptors (Lipinski definition) is 5. The lowest BCUT2D eigenvalue weighted by Crippen LogP contribution is -2.38. The third-order valence-corrected chi connectivity index (χ3v) is 6.43. The van der Waals surface area contributed by atoms with E-state index in [-0.39, 0.29) is 24.2 Å². The van der Waals surface area contributed by atoms with Crippen molar-refractivity contribution in [3.05, 3.63) is 69.2 Å². The number of carbonyl (C=O) groups excluding carboxylic acids is 2. The third-order valence-electron chi connectivity index (χ3n) is 5.43. The van der Waals surface area contributed by atoms with Gasteiger partial charge in [-0.25, -0.2) is 9.48 Å². The van der Waals surface area contributed by atoms with E-state index in [4.69, 9.17) is 4.74 Å². The molecule has 32 heavy (non-hydrogen) atoms. The Hall–Kier alpha value is -3.14. The second-order valence-corrected chi connectivity index (χ2v) is 8.31. The molecule has 4 rings (SSSR count). The monoisotopic (exact) mass is 463 g/mol. The number of esters is 1. The fourth-order valence-electron chi connectivity index (χ4n) is 3.87. The number of hydrogen-bond donors (Lipinski definition) is 0. The molecular formula is C22H20F3N3O3S. The highest BCUT2D eigenvalue weighted by Crippen LogP contribution is 2.35. The van der Waals surface area contributed by atoms with Gasteiger partial charge in [0.15, 0.2) is 5.69 Å². The number of amides is 1. The molecule has 0 spiro atoms. The minimum atomic E-state index is -4.82. The van der Waals surface area contributed by atoms with Gasteiger partial charge in [-0.3, -0.25) is 4.79 Å². The van der Waals surface area contributed by atoms with Gasteiger partial charge in [-0.15, -0.1) is 11.3 Å². The van der Waals surface area contributed by atoms with Gasteiger partial charge in [0.05, 0.1) is 24.5 Å². The van der Waals surface area contributed by atoms with Gasteiger partial charge in [-0.05, 0) is 61.5 Å². The van der Waals surface area contributed by atoms with Crippen LogP contribution in [0, 0.1) is 0 Å². The van der Waals surface area contributed by atoms with E-state index in [1.807, 2.05) is 18.4 Å². The number of carbonyl (C=O) groups is 2. The molecular weight excluding hydrogens is 443 g/mol. The molecule has 0 fully saturated rings. The summed E-state index contributed by atoms with van der Waals surface area (Å²) in [6, 6.07) is 7.65. The summed E-state index contributed by atoms with van der Waals surface area (Å²) in [6.07, 6.45) is -3.21. The summed E-state index contributed by atoms with van der Waals surface area (Å²) in [5, 5.41) is 5.76. The van der Waals surface area contributed by atoms with Crippen molar-refractivity contribution in [1.82, 2.24) is 14.7 Å². The minimum absolute atomic E-state index is 0.0556. The van der Waals surface area contributed by atoms with Crippen LogP contribution < -0.4 is 0 Å². The van der Waals surface area contributed by atoms with Gasteiger partial charge in [-0.2, -0.15) is 18.3 Å². The Kier molecular flexibility index (Phi) is 5.81. The second kappa shape index (κ2) is 8.42. The molecule has 3 aromatic rings. The molecule has 0 bridgehead atoms. The first-order valence-corrected chi connectivity index (χ1v) is 10.9. The smallest absolute Gasteiger partial charge is 0.434 e. The SMILES string of the molecule is CCOC(=O)c1cnn(-c2ccc(C(=O)N3CCc4sccc4C3C)cc2)c1C(F)(F)F. The van der Waals surface area contributed by atoms with Gasteiger partial charge in [0, 0.05) is 17.0 Å². The van der Waals surface area contributed by atoms with Crippen LogP contribution in [0.25, 0.3) is 5.69 Å². The Balaban J connectivity index is 1.62. The highest BCUT2D eigenvalue weighted by atomic mass is 32.1. The van der Waals surface area contributed by atoms with E-state index < -0.39 is 23.4 Å². The molecule has 6 nitrogen and oxygen atoms in total. The maximum atomic E-state index is 13.7. The van der Waals surface area contributed by atoms with Gasteiger partial charge in [-0.1, -0.05) is 0 Å². The highest BCUT2D eigenvalue weighted by Gasteiger charge is 2.41. The molecule has 1 aromatic carbocycles. The van der Waals surface area contributed by atoms with Crippen molar-refractivity contribution in [1.29, 1.82) is 0 Å². The van der Waals surface area contributed by atoms with Crippen LogP contribution in [0.4, 0.5) is 13.2 Å². The zero-order valence-corrected chi connectivity index (χ0v) is 18.2. The van der Waals surface area contributed by atoms with E-state index in [1.54, 1.807) is 16.2 Å². The Morgan fingerprint density at radius 2 is 1.94 bits per heavy atom. The number of nitrogens with zero attached hydrogens (tertiary/aromatic N) is 3. The first kappa shape index (κ1) is 22.1. The van der Waals surface area contributed by atoms with Gasteiger partial charge >= 0.3 is 12.1 Å². The molecule has 0 N–H and O–H groups in total. The van der Waals surface area contributed by atoms with Crippen molar-refractivity contribution in [2.24, 2.45) is 0 Å². The summed E-state index contributed by atoms with van der Waals surface area (Å²) in [5.74, 6) is -1.28. The predicted molar refractivity (Wildman–Crippen MR) is 112 cm³/mol. The quantitative estimate of drug-likeness (QED) is 0.517. The lowest BCUT2D eigenvalue weighted by Gasteiger charge is -2.33. The van der Waals surface area contributed by atoms with Crippen molar-refractivity contribution >= 4 is 23.2 Å².